The summed E-state index contributed by atoms with van der Waals surface area (Å²) in [6.07, 6.45) is 1.51. The van der Waals surface area contributed by atoms with Crippen LogP contribution < -0.4 is 5.32 Å². The van der Waals surface area contributed by atoms with Gasteiger partial charge in [-0.15, -0.1) is 0 Å². The van der Waals surface area contributed by atoms with Gasteiger partial charge in [-0.25, -0.2) is 17.5 Å². The van der Waals surface area contributed by atoms with Crippen molar-refractivity contribution in [2.75, 3.05) is 14.1 Å². The zero-order valence-corrected chi connectivity index (χ0v) is 16.7. The molecule has 0 unspecified atom stereocenters. The number of hydrogen-bond acceptors (Lipinski definition) is 5. The number of amides is 1. The van der Waals surface area contributed by atoms with Crippen LogP contribution in [0.2, 0.25) is 0 Å². The lowest BCUT2D eigenvalue weighted by atomic mass is 10.2. The minimum Gasteiger partial charge on any atom is -0.456 e. The number of nitrogens with one attached hydrogen (secondary N) is 1. The minimum absolute atomic E-state index is 0.00392. The van der Waals surface area contributed by atoms with Gasteiger partial charge in [-0.2, -0.15) is 0 Å². The van der Waals surface area contributed by atoms with E-state index in [0.29, 0.717) is 5.56 Å². The maximum atomic E-state index is 12.4. The summed E-state index contributed by atoms with van der Waals surface area (Å²) < 4.78 is 30.8. The Labute approximate surface area is 164 Å². The molecule has 7 nitrogen and oxygen atoms in total. The first-order valence-corrected chi connectivity index (χ1v) is 9.87. The van der Waals surface area contributed by atoms with Gasteiger partial charge in [-0.3, -0.25) is 4.79 Å². The Morgan fingerprint density at radius 2 is 1.75 bits per heavy atom. The summed E-state index contributed by atoms with van der Waals surface area (Å²) in [6.45, 7) is 1.16. The average Bonchev–Trinajstić information content (AvgIpc) is 2.66. The van der Waals surface area contributed by atoms with Crippen molar-refractivity contribution in [2.24, 2.45) is 0 Å². The summed E-state index contributed by atoms with van der Waals surface area (Å²) in [5.74, 6) is -1.13. The lowest BCUT2D eigenvalue weighted by Crippen LogP contribution is -2.26. The van der Waals surface area contributed by atoms with Crippen molar-refractivity contribution >= 4 is 28.0 Å². The second-order valence-electron chi connectivity index (χ2n) is 6.16. The molecule has 0 aliphatic heterocycles. The molecule has 1 N–H and O–H groups in total. The smallest absolute Gasteiger partial charge is 0.355 e. The lowest BCUT2D eigenvalue weighted by Gasteiger charge is -2.13. The molecule has 1 amide bonds. The molecule has 0 fully saturated rings. The number of esters is 1. The van der Waals surface area contributed by atoms with Crippen molar-refractivity contribution in [1.29, 1.82) is 0 Å². The van der Waals surface area contributed by atoms with E-state index in [9.17, 15) is 18.0 Å². The van der Waals surface area contributed by atoms with Crippen LogP contribution >= 0.6 is 0 Å². The van der Waals surface area contributed by atoms with E-state index in [4.69, 9.17) is 4.74 Å². The van der Waals surface area contributed by atoms with Crippen molar-refractivity contribution in [3.05, 3.63) is 71.4 Å². The highest BCUT2D eigenvalue weighted by Crippen LogP contribution is 2.16. The van der Waals surface area contributed by atoms with E-state index in [-0.39, 0.29) is 17.2 Å². The highest BCUT2D eigenvalue weighted by Gasteiger charge is 2.18. The van der Waals surface area contributed by atoms with Crippen LogP contribution in [-0.4, -0.2) is 38.7 Å². The third kappa shape index (κ3) is 5.77. The molecule has 0 saturated heterocycles. The maximum Gasteiger partial charge on any atom is 0.355 e. The third-order valence-electron chi connectivity index (χ3n) is 3.69. The molecule has 8 heteroatoms. The first kappa shape index (κ1) is 21.3. The summed E-state index contributed by atoms with van der Waals surface area (Å²) in [7, 11) is -0.705. The van der Waals surface area contributed by atoms with Gasteiger partial charge in [-0.1, -0.05) is 42.5 Å². The van der Waals surface area contributed by atoms with Gasteiger partial charge in [-0.05, 0) is 29.3 Å². The van der Waals surface area contributed by atoms with Gasteiger partial charge in [0.1, 0.15) is 12.3 Å². The first-order valence-electron chi connectivity index (χ1n) is 8.43. The molecule has 0 aliphatic carbocycles. The van der Waals surface area contributed by atoms with Crippen LogP contribution in [0.3, 0.4) is 0 Å². The molecule has 0 bridgehead atoms. The number of benzene rings is 2. The van der Waals surface area contributed by atoms with E-state index in [0.717, 1.165) is 9.87 Å². The molecular weight excluding hydrogens is 380 g/mol. The van der Waals surface area contributed by atoms with Gasteiger partial charge in [0.15, 0.2) is 0 Å². The first-order chi connectivity index (χ1) is 13.2. The fourth-order valence-electron chi connectivity index (χ4n) is 2.28. The second-order valence-corrected chi connectivity index (χ2v) is 8.31. The van der Waals surface area contributed by atoms with Crippen molar-refractivity contribution in [1.82, 2.24) is 9.62 Å². The van der Waals surface area contributed by atoms with Crippen molar-refractivity contribution in [3.63, 3.8) is 0 Å². The van der Waals surface area contributed by atoms with E-state index in [2.05, 4.69) is 5.32 Å². The fourth-order valence-corrected chi connectivity index (χ4v) is 3.26. The number of nitrogens with zero attached hydrogens (tertiary/aromatic N) is 1. The van der Waals surface area contributed by atoms with Crippen molar-refractivity contribution < 1.29 is 22.7 Å². The highest BCUT2D eigenvalue weighted by atomic mass is 32.2. The fraction of sp³-hybridized carbons (Fsp3) is 0.200. The Balaban J connectivity index is 2.17. The number of carbonyl (C=O) groups is 2. The quantitative estimate of drug-likeness (QED) is 0.566. The molecule has 2 aromatic carbocycles. The molecule has 2 aromatic rings. The average molecular weight is 402 g/mol. The van der Waals surface area contributed by atoms with Crippen molar-refractivity contribution in [3.8, 4) is 0 Å². The van der Waals surface area contributed by atoms with E-state index >= 15 is 0 Å². The Morgan fingerprint density at radius 1 is 1.07 bits per heavy atom. The highest BCUT2D eigenvalue weighted by molar-refractivity contribution is 7.89. The largest absolute Gasteiger partial charge is 0.456 e. The Bertz CT molecular complexity index is 983. The van der Waals surface area contributed by atoms with Crippen LogP contribution in [0.4, 0.5) is 0 Å². The standard InChI is InChI=1S/C20H22N2O5S/c1-15(23)21-19(13-16-8-5-4-6-9-16)20(24)27-14-17-10-7-11-18(12-17)28(25,26)22(2)3/h4-13H,14H2,1-3H3,(H,21,23)/b19-13+. The molecular formula is C20H22N2O5S. The van der Waals surface area contributed by atoms with Gasteiger partial charge in [0.05, 0.1) is 4.90 Å². The molecule has 0 heterocycles. The number of hydrogen-bond donors (Lipinski definition) is 1. The van der Waals surface area contributed by atoms with Crippen molar-refractivity contribution in [2.45, 2.75) is 18.4 Å². The maximum absolute atomic E-state index is 12.4. The summed E-state index contributed by atoms with van der Waals surface area (Å²) >= 11 is 0. The van der Waals surface area contributed by atoms with Crippen LogP contribution in [-0.2, 0) is 31.0 Å². The summed E-state index contributed by atoms with van der Waals surface area (Å²) in [5.41, 5.74) is 1.23. The van der Waals surface area contributed by atoms with E-state index < -0.39 is 21.9 Å². The second kappa shape index (κ2) is 9.29. The van der Waals surface area contributed by atoms with Gasteiger partial charge >= 0.3 is 5.97 Å². The molecule has 0 atom stereocenters. The minimum atomic E-state index is -3.59. The predicted molar refractivity (Wildman–Crippen MR) is 105 cm³/mol. The molecule has 0 aliphatic rings. The molecule has 0 saturated carbocycles. The molecule has 0 radical (unpaired) electrons. The topological polar surface area (TPSA) is 92.8 Å². The number of carbonyl (C=O) groups excluding carboxylic acids is 2. The lowest BCUT2D eigenvalue weighted by molar-refractivity contribution is -0.141. The molecule has 0 aromatic heterocycles. The summed E-state index contributed by atoms with van der Waals surface area (Å²) in [4.78, 5) is 23.9. The van der Waals surface area contributed by atoms with Gasteiger partial charge in [0, 0.05) is 21.0 Å². The summed E-state index contributed by atoms with van der Waals surface area (Å²) in [5, 5.41) is 2.46. The SMILES string of the molecule is CC(=O)N/C(=C/c1ccccc1)C(=O)OCc1cccc(S(=O)(=O)N(C)C)c1. The summed E-state index contributed by atoms with van der Waals surface area (Å²) in [6, 6.07) is 15.2. The van der Waals surface area contributed by atoms with Crippen LogP contribution in [0.1, 0.15) is 18.1 Å². The molecule has 148 valence electrons. The van der Waals surface area contributed by atoms with Crippen LogP contribution in [0, 0.1) is 0 Å². The van der Waals surface area contributed by atoms with Crippen LogP contribution in [0.15, 0.2) is 65.2 Å². The zero-order chi connectivity index (χ0) is 20.7. The monoisotopic (exact) mass is 402 g/mol. The zero-order valence-electron chi connectivity index (χ0n) is 15.9. The van der Waals surface area contributed by atoms with Gasteiger partial charge < -0.3 is 10.1 Å². The molecule has 0 spiro atoms. The Morgan fingerprint density at radius 3 is 2.36 bits per heavy atom. The molecule has 28 heavy (non-hydrogen) atoms. The number of ether oxygens (including phenoxy) is 1. The Hall–Kier alpha value is -2.97. The number of rotatable bonds is 7. The van der Waals surface area contributed by atoms with E-state index in [1.54, 1.807) is 36.4 Å². The van der Waals surface area contributed by atoms with E-state index in [1.165, 1.54) is 39.2 Å². The third-order valence-corrected chi connectivity index (χ3v) is 5.50. The van der Waals surface area contributed by atoms with Crippen LogP contribution in [0.25, 0.3) is 6.08 Å². The molecule has 2 rings (SSSR count). The normalized spacial score (nSPS) is 11.9. The van der Waals surface area contributed by atoms with Crippen LogP contribution in [0.5, 0.6) is 0 Å². The van der Waals surface area contributed by atoms with E-state index in [1.807, 2.05) is 6.07 Å². The van der Waals surface area contributed by atoms with Gasteiger partial charge in [0.2, 0.25) is 15.9 Å². The van der Waals surface area contributed by atoms with Gasteiger partial charge in [0.25, 0.3) is 0 Å². The number of sulfonamides is 1. The Kier molecular flexibility index (Phi) is 7.08. The predicted octanol–water partition coefficient (Wildman–Crippen LogP) is 2.16.